The van der Waals surface area contributed by atoms with Crippen LogP contribution < -0.4 is 5.32 Å². The summed E-state index contributed by atoms with van der Waals surface area (Å²) in [5.41, 5.74) is 0.467. The van der Waals surface area contributed by atoms with Crippen LogP contribution in [0.3, 0.4) is 0 Å². The molecule has 0 aromatic heterocycles. The first-order valence-corrected chi connectivity index (χ1v) is 10.2. The van der Waals surface area contributed by atoms with Gasteiger partial charge >= 0.3 is 5.97 Å². The Morgan fingerprint density at radius 2 is 1.72 bits per heavy atom. The molecule has 1 aromatic rings. The van der Waals surface area contributed by atoms with Crippen molar-refractivity contribution in [3.63, 3.8) is 0 Å². The molecule has 2 amide bonds. The maximum absolute atomic E-state index is 12.8. The molecule has 0 aliphatic carbocycles. The Balaban J connectivity index is 2.03. The number of amides is 2. The minimum Gasteiger partial charge on any atom is -0.451 e. The Bertz CT molecular complexity index is 698. The van der Waals surface area contributed by atoms with Crippen LogP contribution in [0.1, 0.15) is 51.4 Å². The molecule has 0 unspecified atom stereocenters. The quantitative estimate of drug-likeness (QED) is 0.706. The van der Waals surface area contributed by atoms with Crippen molar-refractivity contribution in [1.29, 1.82) is 0 Å². The van der Waals surface area contributed by atoms with Gasteiger partial charge in [-0.05, 0) is 38.8 Å². The summed E-state index contributed by atoms with van der Waals surface area (Å²) in [5, 5.41) is 2.76. The summed E-state index contributed by atoms with van der Waals surface area (Å²) in [4.78, 5) is 39.7. The first-order valence-electron chi connectivity index (χ1n) is 10.2. The van der Waals surface area contributed by atoms with Gasteiger partial charge < -0.3 is 19.7 Å². The summed E-state index contributed by atoms with van der Waals surface area (Å²) >= 11 is 0. The predicted molar refractivity (Wildman–Crippen MR) is 109 cm³/mol. The van der Waals surface area contributed by atoms with Gasteiger partial charge in [-0.25, -0.2) is 4.79 Å². The number of hydrogen-bond acceptors (Lipinski definition) is 5. The minimum absolute atomic E-state index is 0.0661. The van der Waals surface area contributed by atoms with Crippen LogP contribution in [0.15, 0.2) is 30.3 Å². The SMILES string of the molecule is CC[C@H](C)[C@H](NC(=O)c1ccccc1)C(=O)O[C@@H](C)C(=O)N1C[C@@H](C)O[C@@H](C)C1. The Morgan fingerprint density at radius 1 is 1.14 bits per heavy atom. The zero-order valence-electron chi connectivity index (χ0n) is 17.9. The highest BCUT2D eigenvalue weighted by Gasteiger charge is 2.34. The van der Waals surface area contributed by atoms with Crippen LogP contribution in [0.5, 0.6) is 0 Å². The van der Waals surface area contributed by atoms with E-state index in [0.717, 1.165) is 0 Å². The molecule has 1 aliphatic heterocycles. The number of ether oxygens (including phenoxy) is 2. The minimum atomic E-state index is -0.930. The zero-order chi connectivity index (χ0) is 21.6. The van der Waals surface area contributed by atoms with E-state index >= 15 is 0 Å². The van der Waals surface area contributed by atoms with E-state index in [1.165, 1.54) is 0 Å². The molecule has 0 saturated carbocycles. The Labute approximate surface area is 172 Å². The van der Waals surface area contributed by atoms with Gasteiger partial charge in [0.05, 0.1) is 12.2 Å². The number of hydrogen-bond donors (Lipinski definition) is 1. The third kappa shape index (κ3) is 6.29. The van der Waals surface area contributed by atoms with Gasteiger partial charge in [-0.2, -0.15) is 0 Å². The second-order valence-electron chi connectivity index (χ2n) is 7.78. The first kappa shape index (κ1) is 22.9. The average molecular weight is 405 g/mol. The lowest BCUT2D eigenvalue weighted by atomic mass is 9.98. The Kier molecular flexibility index (Phi) is 8.20. The second kappa shape index (κ2) is 10.4. The summed E-state index contributed by atoms with van der Waals surface area (Å²) in [6.45, 7) is 10.1. The zero-order valence-corrected chi connectivity index (χ0v) is 17.9. The molecule has 0 bridgehead atoms. The largest absolute Gasteiger partial charge is 0.451 e. The monoisotopic (exact) mass is 404 g/mol. The van der Waals surface area contributed by atoms with Crippen molar-refractivity contribution in [2.24, 2.45) is 5.92 Å². The molecule has 29 heavy (non-hydrogen) atoms. The van der Waals surface area contributed by atoms with Crippen molar-refractivity contribution in [2.75, 3.05) is 13.1 Å². The lowest BCUT2D eigenvalue weighted by molar-refractivity contribution is -0.166. The molecule has 7 nitrogen and oxygen atoms in total. The molecule has 1 heterocycles. The third-order valence-corrected chi connectivity index (χ3v) is 5.16. The van der Waals surface area contributed by atoms with Crippen LogP contribution in [-0.2, 0) is 19.1 Å². The van der Waals surface area contributed by atoms with Crippen LogP contribution in [0, 0.1) is 5.92 Å². The molecule has 5 atom stereocenters. The predicted octanol–water partition coefficient (Wildman–Crippen LogP) is 2.40. The Hall–Kier alpha value is -2.41. The van der Waals surface area contributed by atoms with Crippen LogP contribution in [0.2, 0.25) is 0 Å². The third-order valence-electron chi connectivity index (χ3n) is 5.16. The highest BCUT2D eigenvalue weighted by atomic mass is 16.5. The van der Waals surface area contributed by atoms with Crippen LogP contribution in [0.25, 0.3) is 0 Å². The lowest BCUT2D eigenvalue weighted by Gasteiger charge is -2.36. The van der Waals surface area contributed by atoms with Gasteiger partial charge in [-0.1, -0.05) is 38.5 Å². The molecule has 2 rings (SSSR count). The highest BCUT2D eigenvalue weighted by Crippen LogP contribution is 2.15. The number of carbonyl (C=O) groups excluding carboxylic acids is 3. The summed E-state index contributed by atoms with van der Waals surface area (Å²) in [6, 6.07) is 7.87. The lowest BCUT2D eigenvalue weighted by Crippen LogP contribution is -2.53. The normalized spacial score (nSPS) is 22.3. The van der Waals surface area contributed by atoms with E-state index in [-0.39, 0.29) is 29.9 Å². The Morgan fingerprint density at radius 3 is 2.28 bits per heavy atom. The number of carbonyl (C=O) groups is 3. The molecule has 160 valence electrons. The molecule has 1 aliphatic rings. The number of nitrogens with one attached hydrogen (secondary N) is 1. The maximum Gasteiger partial charge on any atom is 0.329 e. The van der Waals surface area contributed by atoms with E-state index in [1.807, 2.05) is 33.8 Å². The number of morpholine rings is 1. The molecular weight excluding hydrogens is 372 g/mol. The summed E-state index contributed by atoms with van der Waals surface area (Å²) in [5.74, 6) is -1.33. The van der Waals surface area contributed by atoms with Crippen molar-refractivity contribution < 1.29 is 23.9 Å². The van der Waals surface area contributed by atoms with Gasteiger partial charge in [-0.3, -0.25) is 9.59 Å². The van der Waals surface area contributed by atoms with E-state index in [9.17, 15) is 14.4 Å². The van der Waals surface area contributed by atoms with E-state index in [1.54, 1.807) is 36.1 Å². The smallest absolute Gasteiger partial charge is 0.329 e. The topological polar surface area (TPSA) is 84.9 Å². The van der Waals surface area contributed by atoms with Gasteiger partial charge in [-0.15, -0.1) is 0 Å². The van der Waals surface area contributed by atoms with Gasteiger partial charge in [0.15, 0.2) is 6.10 Å². The summed E-state index contributed by atoms with van der Waals surface area (Å²) < 4.78 is 11.1. The van der Waals surface area contributed by atoms with Crippen molar-refractivity contribution in [3.05, 3.63) is 35.9 Å². The van der Waals surface area contributed by atoms with Crippen molar-refractivity contribution >= 4 is 17.8 Å². The number of nitrogens with zero attached hydrogens (tertiary/aromatic N) is 1. The molecule has 1 aromatic carbocycles. The standard InChI is InChI=1S/C22H32N2O5/c1-6-14(2)19(23-20(25)18-10-8-7-9-11-18)22(27)29-17(5)21(26)24-12-15(3)28-16(4)13-24/h7-11,14-17,19H,6,12-13H2,1-5H3,(H,23,25)/t14-,15-,16+,17-,19-/m0/s1. The van der Waals surface area contributed by atoms with Crippen molar-refractivity contribution in [1.82, 2.24) is 10.2 Å². The molecular formula is C22H32N2O5. The average Bonchev–Trinajstić information content (AvgIpc) is 2.70. The second-order valence-corrected chi connectivity index (χ2v) is 7.78. The highest BCUT2D eigenvalue weighted by molar-refractivity contribution is 5.97. The van der Waals surface area contributed by atoms with Crippen LogP contribution >= 0.6 is 0 Å². The van der Waals surface area contributed by atoms with E-state index in [0.29, 0.717) is 25.1 Å². The summed E-state index contributed by atoms with van der Waals surface area (Å²) in [7, 11) is 0. The molecule has 7 heteroatoms. The molecule has 1 N–H and O–H groups in total. The fraction of sp³-hybridized carbons (Fsp3) is 0.591. The molecule has 0 spiro atoms. The molecule has 1 saturated heterocycles. The molecule has 1 fully saturated rings. The number of esters is 1. The fourth-order valence-electron chi connectivity index (χ4n) is 3.40. The van der Waals surface area contributed by atoms with E-state index < -0.39 is 18.1 Å². The maximum atomic E-state index is 12.8. The number of benzene rings is 1. The van der Waals surface area contributed by atoms with Crippen LogP contribution in [0.4, 0.5) is 0 Å². The molecule has 0 radical (unpaired) electrons. The fourth-order valence-corrected chi connectivity index (χ4v) is 3.40. The first-order chi connectivity index (χ1) is 13.7. The van der Waals surface area contributed by atoms with Gasteiger partial charge in [0, 0.05) is 18.7 Å². The van der Waals surface area contributed by atoms with E-state index in [2.05, 4.69) is 5.32 Å². The van der Waals surface area contributed by atoms with Crippen molar-refractivity contribution in [3.8, 4) is 0 Å². The van der Waals surface area contributed by atoms with Gasteiger partial charge in [0.1, 0.15) is 6.04 Å². The van der Waals surface area contributed by atoms with Gasteiger partial charge in [0.2, 0.25) is 0 Å². The van der Waals surface area contributed by atoms with Crippen molar-refractivity contribution in [2.45, 2.75) is 65.4 Å². The van der Waals surface area contributed by atoms with Gasteiger partial charge in [0.25, 0.3) is 11.8 Å². The van der Waals surface area contributed by atoms with E-state index in [4.69, 9.17) is 9.47 Å². The summed E-state index contributed by atoms with van der Waals surface area (Å²) in [6.07, 6.45) is -0.386. The van der Waals surface area contributed by atoms with Crippen LogP contribution in [-0.4, -0.2) is 60.1 Å². The number of rotatable bonds is 7.